The third-order valence-corrected chi connectivity index (χ3v) is 3.17. The highest BCUT2D eigenvalue weighted by Gasteiger charge is 2.12. The summed E-state index contributed by atoms with van der Waals surface area (Å²) in [6, 6.07) is 8.34. The Morgan fingerprint density at radius 3 is 2.44 bits per heavy atom. The molecule has 2 rings (SSSR count). The minimum absolute atomic E-state index is 0.762. The van der Waals surface area contributed by atoms with Gasteiger partial charge in [0.25, 0.3) is 0 Å². The van der Waals surface area contributed by atoms with Crippen LogP contribution in [0.2, 0.25) is 0 Å². The molecule has 0 radical (unpaired) electrons. The quantitative estimate of drug-likeness (QED) is 0.769. The summed E-state index contributed by atoms with van der Waals surface area (Å²) in [5.74, 6) is 1.80. The molecule has 1 aromatic carbocycles. The van der Waals surface area contributed by atoms with Crippen molar-refractivity contribution in [3.05, 3.63) is 41.3 Å². The minimum atomic E-state index is 0.762. The van der Waals surface area contributed by atoms with Crippen LogP contribution in [0.1, 0.15) is 43.7 Å². The number of oxazole rings is 1. The van der Waals surface area contributed by atoms with Gasteiger partial charge >= 0.3 is 0 Å². The van der Waals surface area contributed by atoms with Gasteiger partial charge in [-0.1, -0.05) is 38.0 Å². The number of nitrogens with zero attached hydrogens (tertiary/aromatic N) is 1. The first-order valence-corrected chi connectivity index (χ1v) is 6.80. The van der Waals surface area contributed by atoms with E-state index in [2.05, 4.69) is 50.0 Å². The molecule has 0 aliphatic heterocycles. The number of hydrogen-bond donors (Lipinski definition) is 0. The lowest BCUT2D eigenvalue weighted by molar-refractivity contribution is 0.520. The van der Waals surface area contributed by atoms with Crippen LogP contribution in [0.25, 0.3) is 11.5 Å². The standard InChI is InChI=1S/C16H21NO/c1-4-6-7-14-15(5-2)18-16(17-14)13-10-8-12(3)9-11-13/h8-11H,4-7H2,1-3H3. The van der Waals surface area contributed by atoms with Crippen molar-refractivity contribution in [3.63, 3.8) is 0 Å². The SMILES string of the molecule is CCCCc1nc(-c2ccc(C)cc2)oc1CC. The number of aromatic nitrogens is 1. The second-order valence-electron chi connectivity index (χ2n) is 4.71. The normalized spacial score (nSPS) is 10.8. The van der Waals surface area contributed by atoms with Crippen molar-refractivity contribution < 1.29 is 4.42 Å². The Morgan fingerprint density at radius 1 is 1.11 bits per heavy atom. The van der Waals surface area contributed by atoms with Crippen LogP contribution in [0.4, 0.5) is 0 Å². The molecule has 0 N–H and O–H groups in total. The molecule has 0 saturated carbocycles. The molecule has 1 aromatic heterocycles. The molecular formula is C16H21NO. The maximum atomic E-state index is 5.88. The van der Waals surface area contributed by atoms with Crippen LogP contribution < -0.4 is 0 Å². The summed E-state index contributed by atoms with van der Waals surface area (Å²) in [7, 11) is 0. The van der Waals surface area contributed by atoms with E-state index in [1.807, 2.05) is 0 Å². The Hall–Kier alpha value is -1.57. The lowest BCUT2D eigenvalue weighted by Gasteiger charge is -1.95. The van der Waals surface area contributed by atoms with Crippen molar-refractivity contribution in [2.24, 2.45) is 0 Å². The van der Waals surface area contributed by atoms with Crippen molar-refractivity contribution in [1.82, 2.24) is 4.98 Å². The van der Waals surface area contributed by atoms with Crippen molar-refractivity contribution >= 4 is 0 Å². The highest BCUT2D eigenvalue weighted by molar-refractivity contribution is 5.54. The van der Waals surface area contributed by atoms with Gasteiger partial charge in [0.2, 0.25) is 5.89 Å². The summed E-state index contributed by atoms with van der Waals surface area (Å²) in [4.78, 5) is 4.65. The number of unbranched alkanes of at least 4 members (excludes halogenated alkanes) is 1. The molecule has 0 bridgehead atoms. The molecule has 96 valence electrons. The number of benzene rings is 1. The molecule has 0 spiro atoms. The second kappa shape index (κ2) is 5.85. The van der Waals surface area contributed by atoms with Crippen molar-refractivity contribution in [1.29, 1.82) is 0 Å². The Morgan fingerprint density at radius 2 is 1.83 bits per heavy atom. The van der Waals surface area contributed by atoms with Crippen LogP contribution in [0.5, 0.6) is 0 Å². The van der Waals surface area contributed by atoms with Gasteiger partial charge in [0.05, 0.1) is 5.69 Å². The highest BCUT2D eigenvalue weighted by atomic mass is 16.4. The predicted molar refractivity (Wildman–Crippen MR) is 74.7 cm³/mol. The molecule has 18 heavy (non-hydrogen) atoms. The van der Waals surface area contributed by atoms with Gasteiger partial charge in [-0.2, -0.15) is 0 Å². The monoisotopic (exact) mass is 243 g/mol. The summed E-state index contributed by atoms with van der Waals surface area (Å²) in [6.07, 6.45) is 4.30. The average Bonchev–Trinajstić information content (AvgIpc) is 2.80. The first kappa shape index (κ1) is 12.9. The van der Waals surface area contributed by atoms with Crippen LogP contribution in [-0.2, 0) is 12.8 Å². The van der Waals surface area contributed by atoms with Gasteiger partial charge in [-0.05, 0) is 31.9 Å². The number of rotatable bonds is 5. The number of aryl methyl sites for hydroxylation is 3. The summed E-state index contributed by atoms with van der Waals surface area (Å²) in [5.41, 5.74) is 3.46. The fourth-order valence-electron chi connectivity index (χ4n) is 2.02. The lowest BCUT2D eigenvalue weighted by Crippen LogP contribution is -1.90. The molecule has 1 heterocycles. The van der Waals surface area contributed by atoms with Gasteiger partial charge < -0.3 is 4.42 Å². The molecule has 0 atom stereocenters. The smallest absolute Gasteiger partial charge is 0.226 e. The first-order valence-electron chi connectivity index (χ1n) is 6.80. The van der Waals surface area contributed by atoms with Crippen molar-refractivity contribution in [3.8, 4) is 11.5 Å². The zero-order valence-electron chi connectivity index (χ0n) is 11.5. The van der Waals surface area contributed by atoms with Gasteiger partial charge in [-0.15, -0.1) is 0 Å². The Balaban J connectivity index is 2.28. The van der Waals surface area contributed by atoms with E-state index in [4.69, 9.17) is 4.42 Å². The van der Waals surface area contributed by atoms with E-state index in [1.54, 1.807) is 0 Å². The molecule has 0 saturated heterocycles. The van der Waals surface area contributed by atoms with Crippen LogP contribution >= 0.6 is 0 Å². The zero-order valence-corrected chi connectivity index (χ0v) is 11.5. The first-order chi connectivity index (χ1) is 8.74. The van der Waals surface area contributed by atoms with E-state index in [0.29, 0.717) is 0 Å². The molecule has 0 amide bonds. The van der Waals surface area contributed by atoms with Crippen LogP contribution in [0.15, 0.2) is 28.7 Å². The third kappa shape index (κ3) is 2.81. The highest BCUT2D eigenvalue weighted by Crippen LogP contribution is 2.23. The van der Waals surface area contributed by atoms with Gasteiger partial charge in [-0.25, -0.2) is 4.98 Å². The fraction of sp³-hybridized carbons (Fsp3) is 0.438. The molecule has 0 fully saturated rings. The van der Waals surface area contributed by atoms with E-state index in [9.17, 15) is 0 Å². The number of hydrogen-bond acceptors (Lipinski definition) is 2. The molecule has 2 nitrogen and oxygen atoms in total. The van der Waals surface area contributed by atoms with E-state index < -0.39 is 0 Å². The Bertz CT molecular complexity index is 496. The maximum absolute atomic E-state index is 5.88. The van der Waals surface area contributed by atoms with Crippen LogP contribution in [-0.4, -0.2) is 4.98 Å². The minimum Gasteiger partial charge on any atom is -0.441 e. The summed E-state index contributed by atoms with van der Waals surface area (Å²) in [6.45, 7) is 6.41. The summed E-state index contributed by atoms with van der Waals surface area (Å²) in [5, 5.41) is 0. The van der Waals surface area contributed by atoms with Crippen molar-refractivity contribution in [2.45, 2.75) is 46.5 Å². The molecule has 2 aromatic rings. The second-order valence-corrected chi connectivity index (χ2v) is 4.71. The van der Waals surface area contributed by atoms with Crippen molar-refractivity contribution in [2.75, 3.05) is 0 Å². The molecule has 0 unspecified atom stereocenters. The maximum Gasteiger partial charge on any atom is 0.226 e. The molecule has 2 heteroatoms. The largest absolute Gasteiger partial charge is 0.441 e. The van der Waals surface area contributed by atoms with Gasteiger partial charge in [0.1, 0.15) is 5.76 Å². The van der Waals surface area contributed by atoms with Gasteiger partial charge in [0.15, 0.2) is 0 Å². The third-order valence-electron chi connectivity index (χ3n) is 3.17. The van der Waals surface area contributed by atoms with Crippen LogP contribution in [0, 0.1) is 6.92 Å². The van der Waals surface area contributed by atoms with E-state index in [1.165, 1.54) is 18.4 Å². The summed E-state index contributed by atoms with van der Waals surface area (Å²) < 4.78 is 5.88. The Labute approximate surface area is 109 Å². The molecular weight excluding hydrogens is 222 g/mol. The van der Waals surface area contributed by atoms with E-state index in [0.717, 1.165) is 35.7 Å². The average molecular weight is 243 g/mol. The van der Waals surface area contributed by atoms with Crippen LogP contribution in [0.3, 0.4) is 0 Å². The molecule has 0 aliphatic rings. The molecule has 0 aliphatic carbocycles. The fourth-order valence-corrected chi connectivity index (χ4v) is 2.02. The Kier molecular flexibility index (Phi) is 4.19. The van der Waals surface area contributed by atoms with Gasteiger partial charge in [0, 0.05) is 12.0 Å². The zero-order chi connectivity index (χ0) is 13.0. The predicted octanol–water partition coefficient (Wildman–Crippen LogP) is 4.56. The summed E-state index contributed by atoms with van der Waals surface area (Å²) >= 11 is 0. The lowest BCUT2D eigenvalue weighted by atomic mass is 10.1. The van der Waals surface area contributed by atoms with Gasteiger partial charge in [-0.3, -0.25) is 0 Å². The van der Waals surface area contributed by atoms with E-state index in [-0.39, 0.29) is 0 Å². The topological polar surface area (TPSA) is 26.0 Å². The van der Waals surface area contributed by atoms with E-state index >= 15 is 0 Å².